The number of pyridine rings is 1. The molecule has 0 spiro atoms. The number of H-pyrrole nitrogens is 1. The minimum Gasteiger partial charge on any atom is -0.493 e. The quantitative estimate of drug-likeness (QED) is 0.344. The molecule has 35 heavy (non-hydrogen) atoms. The van der Waals surface area contributed by atoms with E-state index in [0.29, 0.717) is 35.6 Å². The predicted molar refractivity (Wildman–Crippen MR) is 123 cm³/mol. The molecule has 2 heterocycles. The van der Waals surface area contributed by atoms with Gasteiger partial charge < -0.3 is 38.8 Å². The average molecular weight is 478 g/mol. The van der Waals surface area contributed by atoms with E-state index in [1.807, 2.05) is 0 Å². The summed E-state index contributed by atoms with van der Waals surface area (Å²) in [6.45, 7) is 10.4. The summed E-state index contributed by atoms with van der Waals surface area (Å²) < 4.78 is 30.8. The number of fused-ring (bicyclic) bond motifs is 1. The number of ether oxygens (including phenoxy) is 1. The molecule has 7 nitrogen and oxygen atoms in total. The van der Waals surface area contributed by atoms with Crippen LogP contribution < -0.4 is 29.1 Å². The molecule has 0 unspecified atom stereocenters. The van der Waals surface area contributed by atoms with E-state index in [-0.39, 0.29) is 30.7 Å². The Morgan fingerprint density at radius 3 is 2.51 bits per heavy atom. The SMILES string of the molecule is CC(C)(O)[C@@H](O)c1cc2[nH]c(=NC3CC3)[c-]nc2cn1.[CH2-]CC(C[CH2-])Oc1ccc(F)cc1F.[Li+]. The molecule has 0 saturated heterocycles. The standard InChI is InChI=1S/C14H17N4O2.C11H12F2O.Li/c1-14(2,20)13(19)10-5-9-11(6-15-10)16-7-12(18-9)17-8-3-4-8;1-3-9(4-2)14-11-6-5-8(12)7-10(11)13;/h5-6,8,13,19-20H,3-4H2,1-2H3,(H,17,18);5-7,9H,1-4H2;/q-1;-2;+1/t13-;;/m0../s1. The number of aromatic nitrogens is 3. The van der Waals surface area contributed by atoms with Gasteiger partial charge in [-0.1, -0.05) is 5.52 Å². The number of benzene rings is 1. The zero-order chi connectivity index (χ0) is 24.9. The van der Waals surface area contributed by atoms with Crippen LogP contribution in [-0.2, 0) is 0 Å². The first kappa shape index (κ1) is 28.9. The summed E-state index contributed by atoms with van der Waals surface area (Å²) in [5.41, 5.74) is 1.11. The zero-order valence-corrected chi connectivity index (χ0v) is 20.3. The molecule has 3 N–H and O–H groups in total. The van der Waals surface area contributed by atoms with Gasteiger partial charge in [0.1, 0.15) is 11.9 Å². The van der Waals surface area contributed by atoms with Crippen LogP contribution in [0.25, 0.3) is 11.0 Å². The van der Waals surface area contributed by atoms with E-state index in [1.165, 1.54) is 19.9 Å². The van der Waals surface area contributed by atoms with E-state index in [9.17, 15) is 19.0 Å². The maximum absolute atomic E-state index is 13.1. The van der Waals surface area contributed by atoms with Crippen LogP contribution in [0.4, 0.5) is 8.78 Å². The largest absolute Gasteiger partial charge is 1.00 e. The molecule has 0 amide bonds. The van der Waals surface area contributed by atoms with E-state index < -0.39 is 23.3 Å². The predicted octanol–water partition coefficient (Wildman–Crippen LogP) is 0.790. The summed E-state index contributed by atoms with van der Waals surface area (Å²) in [5.74, 6) is -1.27. The van der Waals surface area contributed by atoms with Crippen molar-refractivity contribution in [2.45, 2.75) is 63.4 Å². The Morgan fingerprint density at radius 1 is 1.26 bits per heavy atom. The Morgan fingerprint density at radius 2 is 1.94 bits per heavy atom. The van der Waals surface area contributed by atoms with Crippen molar-refractivity contribution in [1.29, 1.82) is 0 Å². The molecule has 0 bridgehead atoms. The molecular weight excluding hydrogens is 449 g/mol. The fraction of sp³-hybridized carbons (Fsp3) is 0.400. The van der Waals surface area contributed by atoms with Crippen LogP contribution >= 0.6 is 0 Å². The summed E-state index contributed by atoms with van der Waals surface area (Å²) in [7, 11) is 0. The van der Waals surface area contributed by atoms with Gasteiger partial charge in [0.25, 0.3) is 0 Å². The van der Waals surface area contributed by atoms with Crippen LogP contribution in [0.1, 0.15) is 51.3 Å². The number of hydrogen-bond acceptors (Lipinski definition) is 6. The number of aliphatic hydroxyl groups excluding tert-OH is 1. The van der Waals surface area contributed by atoms with Crippen molar-refractivity contribution in [2.24, 2.45) is 4.99 Å². The molecule has 10 heteroatoms. The molecule has 0 aliphatic heterocycles. The van der Waals surface area contributed by atoms with Crippen molar-refractivity contribution in [2.75, 3.05) is 0 Å². The van der Waals surface area contributed by atoms with Gasteiger partial charge in [-0.05, 0) is 56.6 Å². The van der Waals surface area contributed by atoms with Gasteiger partial charge in [0.15, 0.2) is 11.6 Å². The van der Waals surface area contributed by atoms with Crippen LogP contribution in [0.5, 0.6) is 5.75 Å². The molecule has 1 fully saturated rings. The molecule has 1 aromatic carbocycles. The minimum atomic E-state index is -1.25. The van der Waals surface area contributed by atoms with Gasteiger partial charge in [-0.15, -0.1) is 19.0 Å². The van der Waals surface area contributed by atoms with Crippen LogP contribution in [0.2, 0.25) is 0 Å². The Balaban J connectivity index is 0.000000256. The summed E-state index contributed by atoms with van der Waals surface area (Å²) in [5, 5.41) is 19.9. The molecule has 2 aromatic heterocycles. The molecule has 0 radical (unpaired) electrons. The van der Waals surface area contributed by atoms with E-state index in [2.05, 4.69) is 40.0 Å². The summed E-state index contributed by atoms with van der Waals surface area (Å²) in [6, 6.07) is 5.28. The molecule has 1 atom stereocenters. The Hall–Kier alpha value is -2.31. The molecule has 3 aromatic rings. The number of nitrogens with one attached hydrogen (secondary N) is 1. The second kappa shape index (κ2) is 12.6. The fourth-order valence-corrected chi connectivity index (χ4v) is 2.89. The average Bonchev–Trinajstić information content (AvgIpc) is 3.61. The van der Waals surface area contributed by atoms with Crippen LogP contribution in [0.15, 0.2) is 35.5 Å². The maximum Gasteiger partial charge on any atom is 1.00 e. The van der Waals surface area contributed by atoms with Crippen LogP contribution in [0, 0.1) is 31.7 Å². The van der Waals surface area contributed by atoms with E-state index in [0.717, 1.165) is 30.5 Å². The monoisotopic (exact) mass is 478 g/mol. The second-order valence-electron chi connectivity index (χ2n) is 8.63. The normalized spacial score (nSPS) is 14.8. The summed E-state index contributed by atoms with van der Waals surface area (Å²) in [4.78, 5) is 15.9. The third kappa shape index (κ3) is 8.39. The van der Waals surface area contributed by atoms with Crippen LogP contribution in [0.3, 0.4) is 0 Å². The van der Waals surface area contributed by atoms with Crippen LogP contribution in [-0.4, -0.2) is 42.9 Å². The van der Waals surface area contributed by atoms with Gasteiger partial charge in [-0.25, -0.2) is 8.78 Å². The number of hydrogen-bond donors (Lipinski definition) is 3. The van der Waals surface area contributed by atoms with E-state index in [1.54, 1.807) is 12.3 Å². The van der Waals surface area contributed by atoms with Crippen molar-refractivity contribution < 1.29 is 42.6 Å². The molecule has 1 saturated carbocycles. The van der Waals surface area contributed by atoms with Gasteiger partial charge in [0.05, 0.1) is 17.3 Å². The number of nitrogens with zero attached hydrogens (tertiary/aromatic N) is 3. The van der Waals surface area contributed by atoms with Gasteiger partial charge in [-0.3, -0.25) is 9.98 Å². The first-order chi connectivity index (χ1) is 16.1. The number of rotatable bonds is 7. The van der Waals surface area contributed by atoms with Crippen molar-refractivity contribution in [3.8, 4) is 5.75 Å². The fourth-order valence-electron chi connectivity index (χ4n) is 2.89. The van der Waals surface area contributed by atoms with E-state index >= 15 is 0 Å². The van der Waals surface area contributed by atoms with Gasteiger partial charge in [0, 0.05) is 17.7 Å². The minimum absolute atomic E-state index is 0. The van der Waals surface area contributed by atoms with Gasteiger partial charge in [-0.2, -0.15) is 0 Å². The molecule has 184 valence electrons. The van der Waals surface area contributed by atoms with Gasteiger partial charge in [0.2, 0.25) is 0 Å². The molecule has 4 rings (SSSR count). The van der Waals surface area contributed by atoms with Crippen molar-refractivity contribution in [3.63, 3.8) is 0 Å². The number of halogens is 2. The molecule has 1 aliphatic rings. The maximum atomic E-state index is 13.1. The third-order valence-corrected chi connectivity index (χ3v) is 5.08. The Bertz CT molecular complexity index is 1180. The molecular formula is C25H29F2LiN4O3-2. The van der Waals surface area contributed by atoms with Gasteiger partial charge >= 0.3 is 18.9 Å². The topological polar surface area (TPSA) is 104 Å². The first-order valence-electron chi connectivity index (χ1n) is 11.0. The summed E-state index contributed by atoms with van der Waals surface area (Å²) in [6.07, 6.45) is 6.32. The Kier molecular flexibility index (Phi) is 10.4. The number of aliphatic hydroxyl groups is 2. The molecule has 1 aliphatic carbocycles. The van der Waals surface area contributed by atoms with Crippen molar-refractivity contribution >= 4 is 11.0 Å². The Labute approximate surface area is 215 Å². The number of aromatic amines is 1. The van der Waals surface area contributed by atoms with Crippen molar-refractivity contribution in [1.82, 2.24) is 15.0 Å². The third-order valence-electron chi connectivity index (χ3n) is 5.08. The first-order valence-corrected chi connectivity index (χ1v) is 11.0. The zero-order valence-electron chi connectivity index (χ0n) is 20.3. The van der Waals surface area contributed by atoms with Crippen molar-refractivity contribution in [3.05, 3.63) is 73.3 Å². The smallest absolute Gasteiger partial charge is 0.493 e. The summed E-state index contributed by atoms with van der Waals surface area (Å²) >= 11 is 0. The van der Waals surface area contributed by atoms with E-state index in [4.69, 9.17) is 4.74 Å². The second-order valence-corrected chi connectivity index (χ2v) is 8.63.